The SMILES string of the molecule is C=[C]C1CC=CC2CC12. The molecule has 0 bridgehead atoms. The molecule has 1 radical (unpaired) electrons. The van der Waals surface area contributed by atoms with Crippen molar-refractivity contribution >= 4 is 0 Å². The molecule has 1 fully saturated rings. The number of hydrogen-bond donors (Lipinski definition) is 0. The fourth-order valence-electron chi connectivity index (χ4n) is 1.73. The second kappa shape index (κ2) is 1.73. The average Bonchev–Trinajstić information content (AvgIpc) is 2.64. The summed E-state index contributed by atoms with van der Waals surface area (Å²) in [6.07, 6.45) is 10.3. The minimum Gasteiger partial charge on any atom is -0.0953 e. The first-order valence-corrected chi connectivity index (χ1v) is 3.61. The molecule has 2 aliphatic carbocycles. The van der Waals surface area contributed by atoms with Crippen molar-refractivity contribution in [3.63, 3.8) is 0 Å². The summed E-state index contributed by atoms with van der Waals surface area (Å²) in [6.45, 7) is 3.70. The monoisotopic (exact) mass is 119 g/mol. The van der Waals surface area contributed by atoms with Crippen LogP contribution < -0.4 is 0 Å². The number of rotatable bonds is 1. The van der Waals surface area contributed by atoms with Gasteiger partial charge in [0.25, 0.3) is 0 Å². The first-order chi connectivity index (χ1) is 4.42. The Labute approximate surface area is 56.3 Å². The van der Waals surface area contributed by atoms with Crippen molar-refractivity contribution in [3.8, 4) is 0 Å². The number of hydrogen-bond acceptors (Lipinski definition) is 0. The molecule has 47 valence electrons. The topological polar surface area (TPSA) is 0 Å². The van der Waals surface area contributed by atoms with Crippen LogP contribution in [0.25, 0.3) is 0 Å². The summed E-state index contributed by atoms with van der Waals surface area (Å²) in [7, 11) is 0. The molecule has 3 unspecified atom stereocenters. The Kier molecular flexibility index (Phi) is 1.01. The Balaban J connectivity index is 2.12. The highest BCUT2D eigenvalue weighted by atomic mass is 14.5. The van der Waals surface area contributed by atoms with E-state index in [2.05, 4.69) is 24.8 Å². The fraction of sp³-hybridized carbons (Fsp3) is 0.556. The Morgan fingerprint density at radius 1 is 1.56 bits per heavy atom. The predicted molar refractivity (Wildman–Crippen MR) is 37.7 cm³/mol. The molecule has 2 aliphatic rings. The summed E-state index contributed by atoms with van der Waals surface area (Å²) in [5.74, 6) is 2.51. The first kappa shape index (κ1) is 5.28. The average molecular weight is 119 g/mol. The Morgan fingerprint density at radius 3 is 3.11 bits per heavy atom. The van der Waals surface area contributed by atoms with Crippen LogP contribution >= 0.6 is 0 Å². The summed E-state index contributed by atoms with van der Waals surface area (Å²) in [5.41, 5.74) is 0. The smallest absolute Gasteiger partial charge is 0.00965 e. The Morgan fingerprint density at radius 2 is 2.44 bits per heavy atom. The molecule has 9 heavy (non-hydrogen) atoms. The molecule has 0 heterocycles. The third kappa shape index (κ3) is 0.735. The Hall–Kier alpha value is -0.520. The van der Waals surface area contributed by atoms with E-state index in [1.165, 1.54) is 12.8 Å². The lowest BCUT2D eigenvalue weighted by molar-refractivity contribution is 0.526. The van der Waals surface area contributed by atoms with Crippen LogP contribution in [0.5, 0.6) is 0 Å². The molecular formula is C9H11. The van der Waals surface area contributed by atoms with Crippen molar-refractivity contribution in [3.05, 3.63) is 24.8 Å². The molecule has 1 saturated carbocycles. The van der Waals surface area contributed by atoms with Crippen LogP contribution in [-0.2, 0) is 0 Å². The molecular weight excluding hydrogens is 108 g/mol. The van der Waals surface area contributed by atoms with Gasteiger partial charge in [-0.3, -0.25) is 0 Å². The predicted octanol–water partition coefficient (Wildman–Crippen LogP) is 2.19. The third-order valence-corrected chi connectivity index (χ3v) is 2.44. The van der Waals surface area contributed by atoms with Crippen molar-refractivity contribution in [2.45, 2.75) is 12.8 Å². The quantitative estimate of drug-likeness (QED) is 0.464. The van der Waals surface area contributed by atoms with E-state index in [1.54, 1.807) is 0 Å². The van der Waals surface area contributed by atoms with Crippen LogP contribution in [0.2, 0.25) is 0 Å². The van der Waals surface area contributed by atoms with E-state index in [0.717, 1.165) is 11.8 Å². The van der Waals surface area contributed by atoms with Gasteiger partial charge < -0.3 is 0 Å². The van der Waals surface area contributed by atoms with Crippen LogP contribution in [-0.4, -0.2) is 0 Å². The van der Waals surface area contributed by atoms with Gasteiger partial charge in [-0.05, 0) is 36.7 Å². The van der Waals surface area contributed by atoms with Gasteiger partial charge in [0.05, 0.1) is 0 Å². The molecule has 0 nitrogen and oxygen atoms in total. The second-order valence-corrected chi connectivity index (χ2v) is 3.04. The zero-order valence-corrected chi connectivity index (χ0v) is 5.51. The van der Waals surface area contributed by atoms with Gasteiger partial charge in [0, 0.05) is 0 Å². The third-order valence-electron chi connectivity index (χ3n) is 2.44. The van der Waals surface area contributed by atoms with E-state index in [4.69, 9.17) is 0 Å². The maximum absolute atomic E-state index is 3.70. The van der Waals surface area contributed by atoms with Crippen molar-refractivity contribution in [2.75, 3.05) is 0 Å². The van der Waals surface area contributed by atoms with E-state index in [0.29, 0.717) is 5.92 Å². The molecule has 0 aromatic carbocycles. The zero-order valence-electron chi connectivity index (χ0n) is 5.51. The molecule has 0 aromatic rings. The minimum atomic E-state index is 0.681. The van der Waals surface area contributed by atoms with Crippen LogP contribution in [0, 0.1) is 23.8 Å². The normalized spacial score (nSPS) is 46.0. The van der Waals surface area contributed by atoms with Gasteiger partial charge in [-0.1, -0.05) is 18.7 Å². The number of fused-ring (bicyclic) bond motifs is 1. The molecule has 0 amide bonds. The van der Waals surface area contributed by atoms with Crippen molar-refractivity contribution in [1.82, 2.24) is 0 Å². The highest BCUT2D eigenvalue weighted by molar-refractivity contribution is 5.11. The lowest BCUT2D eigenvalue weighted by Gasteiger charge is -2.10. The first-order valence-electron chi connectivity index (χ1n) is 3.61. The molecule has 3 atom stereocenters. The van der Waals surface area contributed by atoms with E-state index < -0.39 is 0 Å². The largest absolute Gasteiger partial charge is 0.0953 e. The highest BCUT2D eigenvalue weighted by Crippen LogP contribution is 2.49. The molecule has 0 spiro atoms. The number of allylic oxidation sites excluding steroid dienone is 3. The second-order valence-electron chi connectivity index (χ2n) is 3.04. The zero-order chi connectivity index (χ0) is 6.27. The molecule has 0 aromatic heterocycles. The van der Waals surface area contributed by atoms with E-state index in [1.807, 2.05) is 0 Å². The van der Waals surface area contributed by atoms with Gasteiger partial charge in [-0.2, -0.15) is 0 Å². The van der Waals surface area contributed by atoms with Crippen molar-refractivity contribution in [2.24, 2.45) is 17.8 Å². The van der Waals surface area contributed by atoms with E-state index >= 15 is 0 Å². The van der Waals surface area contributed by atoms with Gasteiger partial charge in [-0.25, -0.2) is 0 Å². The molecule has 0 saturated heterocycles. The highest BCUT2D eigenvalue weighted by Gasteiger charge is 2.41. The lowest BCUT2D eigenvalue weighted by Crippen LogP contribution is -2.02. The maximum atomic E-state index is 3.70. The van der Waals surface area contributed by atoms with Gasteiger partial charge in [0.1, 0.15) is 0 Å². The van der Waals surface area contributed by atoms with Gasteiger partial charge in [0.2, 0.25) is 0 Å². The Bertz CT molecular complexity index is 155. The summed E-state index contributed by atoms with van der Waals surface area (Å²) in [5, 5.41) is 0. The molecule has 0 N–H and O–H groups in total. The summed E-state index contributed by atoms with van der Waals surface area (Å²) < 4.78 is 0. The van der Waals surface area contributed by atoms with Gasteiger partial charge in [-0.15, -0.1) is 0 Å². The van der Waals surface area contributed by atoms with Crippen LogP contribution in [0.15, 0.2) is 18.7 Å². The van der Waals surface area contributed by atoms with Gasteiger partial charge >= 0.3 is 0 Å². The van der Waals surface area contributed by atoms with E-state index in [9.17, 15) is 0 Å². The summed E-state index contributed by atoms with van der Waals surface area (Å²) in [4.78, 5) is 0. The van der Waals surface area contributed by atoms with Crippen molar-refractivity contribution < 1.29 is 0 Å². The molecule has 2 rings (SSSR count). The standard InChI is InChI=1S/C9H11/c1-2-7-4-3-5-8-6-9(7)8/h3,5,7-9H,1,4,6H2. The van der Waals surface area contributed by atoms with Crippen LogP contribution in [0.1, 0.15) is 12.8 Å². The minimum absolute atomic E-state index is 0.681. The lowest BCUT2D eigenvalue weighted by atomic mass is 9.94. The maximum Gasteiger partial charge on any atom is -0.00965 e. The fourth-order valence-corrected chi connectivity index (χ4v) is 1.73. The summed E-state index contributed by atoms with van der Waals surface area (Å²) in [6, 6.07) is 0. The van der Waals surface area contributed by atoms with Gasteiger partial charge in [0.15, 0.2) is 0 Å². The van der Waals surface area contributed by atoms with Crippen molar-refractivity contribution in [1.29, 1.82) is 0 Å². The van der Waals surface area contributed by atoms with E-state index in [-0.39, 0.29) is 0 Å². The molecule has 0 aliphatic heterocycles. The van der Waals surface area contributed by atoms with Crippen LogP contribution in [0.4, 0.5) is 0 Å². The summed E-state index contributed by atoms with van der Waals surface area (Å²) >= 11 is 0. The molecule has 0 heteroatoms. The van der Waals surface area contributed by atoms with Crippen LogP contribution in [0.3, 0.4) is 0 Å².